The third-order valence-corrected chi connectivity index (χ3v) is 4.18. The second kappa shape index (κ2) is 4.46. The number of halogens is 1. The summed E-state index contributed by atoms with van der Waals surface area (Å²) in [6, 6.07) is 15.5. The van der Waals surface area contributed by atoms with Gasteiger partial charge in [-0.25, -0.2) is 4.39 Å². The smallest absolute Gasteiger partial charge is 0.153 e. The number of nitrogens with two attached hydrogens (primary N) is 1. The van der Waals surface area contributed by atoms with Crippen LogP contribution in [0.4, 0.5) is 4.39 Å². The van der Waals surface area contributed by atoms with Gasteiger partial charge in [-0.1, -0.05) is 18.2 Å². The first-order chi connectivity index (χ1) is 9.83. The zero-order valence-corrected chi connectivity index (χ0v) is 11.1. The fourth-order valence-corrected chi connectivity index (χ4v) is 3.24. The molecule has 3 heteroatoms. The molecule has 1 aliphatic rings. The van der Waals surface area contributed by atoms with Gasteiger partial charge < -0.3 is 10.3 Å². The Morgan fingerprint density at radius 3 is 2.70 bits per heavy atom. The van der Waals surface area contributed by atoms with Crippen LogP contribution in [0.15, 0.2) is 48.5 Å². The minimum Gasteiger partial charge on any atom is -0.353 e. The number of rotatable bonds is 1. The summed E-state index contributed by atoms with van der Waals surface area (Å²) in [7, 11) is 0. The summed E-state index contributed by atoms with van der Waals surface area (Å²) < 4.78 is 13.1. The third-order valence-electron chi connectivity index (χ3n) is 4.18. The molecule has 0 unspecified atom stereocenters. The molecule has 20 heavy (non-hydrogen) atoms. The molecule has 2 heterocycles. The molecule has 3 aromatic rings. The van der Waals surface area contributed by atoms with Crippen molar-refractivity contribution in [2.24, 2.45) is 0 Å². The van der Waals surface area contributed by atoms with Crippen molar-refractivity contribution in [1.29, 1.82) is 0 Å². The predicted molar refractivity (Wildman–Crippen MR) is 77.0 cm³/mol. The van der Waals surface area contributed by atoms with Gasteiger partial charge in [0.25, 0.3) is 0 Å². The van der Waals surface area contributed by atoms with Crippen molar-refractivity contribution in [2.75, 3.05) is 6.54 Å². The van der Waals surface area contributed by atoms with Gasteiger partial charge in [0.05, 0.1) is 12.2 Å². The molecule has 3 N–H and O–H groups in total. The van der Waals surface area contributed by atoms with E-state index in [0.29, 0.717) is 0 Å². The SMILES string of the molecule is Fc1ccc([C@H]2[NH2+]CCc3c2[nH]c2ccccc32)cc1. The molecule has 0 aliphatic carbocycles. The Morgan fingerprint density at radius 2 is 1.85 bits per heavy atom. The van der Waals surface area contributed by atoms with Crippen LogP contribution in [0.3, 0.4) is 0 Å². The van der Waals surface area contributed by atoms with E-state index in [1.54, 1.807) is 12.1 Å². The van der Waals surface area contributed by atoms with E-state index >= 15 is 0 Å². The lowest BCUT2D eigenvalue weighted by molar-refractivity contribution is -0.690. The van der Waals surface area contributed by atoms with E-state index in [-0.39, 0.29) is 11.9 Å². The molecule has 2 aromatic carbocycles. The first kappa shape index (κ1) is 11.7. The van der Waals surface area contributed by atoms with Crippen molar-refractivity contribution in [1.82, 2.24) is 4.98 Å². The first-order valence-corrected chi connectivity index (χ1v) is 7.01. The summed E-state index contributed by atoms with van der Waals surface area (Å²) in [4.78, 5) is 3.55. The van der Waals surface area contributed by atoms with Crippen LogP contribution in [0, 0.1) is 5.82 Å². The Balaban J connectivity index is 1.87. The molecule has 2 nitrogen and oxygen atoms in total. The molecule has 0 amide bonds. The number of H-pyrrole nitrogens is 1. The van der Waals surface area contributed by atoms with Crippen molar-refractivity contribution >= 4 is 10.9 Å². The van der Waals surface area contributed by atoms with E-state index in [0.717, 1.165) is 18.5 Å². The number of hydrogen-bond donors (Lipinski definition) is 2. The second-order valence-corrected chi connectivity index (χ2v) is 5.37. The lowest BCUT2D eigenvalue weighted by atomic mass is 9.94. The molecular formula is C17H16FN2+. The largest absolute Gasteiger partial charge is 0.353 e. The van der Waals surface area contributed by atoms with Gasteiger partial charge in [0, 0.05) is 22.9 Å². The Hall–Kier alpha value is -2.13. The molecule has 1 atom stereocenters. The van der Waals surface area contributed by atoms with Gasteiger partial charge in [-0.2, -0.15) is 0 Å². The standard InChI is InChI=1S/C17H15FN2/c18-12-7-5-11(6-8-12)16-17-14(9-10-19-16)13-3-1-2-4-15(13)20-17/h1-8,16,19-20H,9-10H2/p+1/t16-/m1/s1. The van der Waals surface area contributed by atoms with Crippen LogP contribution in [0.5, 0.6) is 0 Å². The normalized spacial score (nSPS) is 18.1. The quantitative estimate of drug-likeness (QED) is 0.679. The Morgan fingerprint density at radius 1 is 1.05 bits per heavy atom. The van der Waals surface area contributed by atoms with Crippen molar-refractivity contribution < 1.29 is 9.71 Å². The van der Waals surface area contributed by atoms with Gasteiger partial charge in [0.15, 0.2) is 6.04 Å². The van der Waals surface area contributed by atoms with E-state index in [4.69, 9.17) is 0 Å². The highest BCUT2D eigenvalue weighted by molar-refractivity contribution is 5.85. The maximum Gasteiger partial charge on any atom is 0.153 e. The molecular weight excluding hydrogens is 251 g/mol. The molecule has 0 saturated carbocycles. The molecule has 4 rings (SSSR count). The van der Waals surface area contributed by atoms with Crippen LogP contribution < -0.4 is 5.32 Å². The summed E-state index contributed by atoms with van der Waals surface area (Å²) in [5.41, 5.74) is 5.03. The maximum absolute atomic E-state index is 13.1. The summed E-state index contributed by atoms with van der Waals surface area (Å²) in [5, 5.41) is 3.65. The average molecular weight is 267 g/mol. The fourth-order valence-electron chi connectivity index (χ4n) is 3.24. The summed E-state index contributed by atoms with van der Waals surface area (Å²) in [5.74, 6) is -0.179. The van der Waals surface area contributed by atoms with Crippen molar-refractivity contribution in [3.05, 3.63) is 71.2 Å². The Labute approximate surface area is 116 Å². The van der Waals surface area contributed by atoms with Crippen LogP contribution in [0.2, 0.25) is 0 Å². The molecule has 1 aliphatic heterocycles. The number of aromatic amines is 1. The average Bonchev–Trinajstić information content (AvgIpc) is 2.87. The second-order valence-electron chi connectivity index (χ2n) is 5.37. The maximum atomic E-state index is 13.1. The van der Waals surface area contributed by atoms with E-state index < -0.39 is 0 Å². The zero-order chi connectivity index (χ0) is 13.5. The van der Waals surface area contributed by atoms with Gasteiger partial charge in [0.1, 0.15) is 5.82 Å². The summed E-state index contributed by atoms with van der Waals surface area (Å²) >= 11 is 0. The van der Waals surface area contributed by atoms with Gasteiger partial charge in [-0.05, 0) is 35.9 Å². The van der Waals surface area contributed by atoms with Gasteiger partial charge in [-0.3, -0.25) is 0 Å². The monoisotopic (exact) mass is 267 g/mol. The number of para-hydroxylation sites is 1. The van der Waals surface area contributed by atoms with Gasteiger partial charge >= 0.3 is 0 Å². The Kier molecular flexibility index (Phi) is 2.60. The van der Waals surface area contributed by atoms with E-state index in [1.165, 1.54) is 22.2 Å². The third kappa shape index (κ3) is 1.74. The number of quaternary nitrogens is 1. The number of nitrogens with one attached hydrogen (secondary N) is 1. The van der Waals surface area contributed by atoms with Crippen molar-refractivity contribution in [2.45, 2.75) is 12.5 Å². The Bertz CT molecular complexity index is 758. The van der Waals surface area contributed by atoms with E-state index in [1.807, 2.05) is 12.1 Å². The van der Waals surface area contributed by atoms with E-state index in [2.05, 4.69) is 34.6 Å². The van der Waals surface area contributed by atoms with Crippen molar-refractivity contribution in [3.8, 4) is 0 Å². The van der Waals surface area contributed by atoms with Crippen molar-refractivity contribution in [3.63, 3.8) is 0 Å². The highest BCUT2D eigenvalue weighted by Gasteiger charge is 2.28. The van der Waals surface area contributed by atoms with Crippen LogP contribution in [0.25, 0.3) is 10.9 Å². The number of fused-ring (bicyclic) bond motifs is 3. The fraction of sp³-hybridized carbons (Fsp3) is 0.176. The van der Waals surface area contributed by atoms with Crippen LogP contribution in [-0.2, 0) is 6.42 Å². The molecule has 0 bridgehead atoms. The predicted octanol–water partition coefficient (Wildman–Crippen LogP) is 2.52. The van der Waals surface area contributed by atoms with E-state index in [9.17, 15) is 4.39 Å². The van der Waals surface area contributed by atoms with Crippen LogP contribution in [-0.4, -0.2) is 11.5 Å². The molecule has 100 valence electrons. The van der Waals surface area contributed by atoms with Gasteiger partial charge in [0.2, 0.25) is 0 Å². The number of aromatic nitrogens is 1. The molecule has 0 radical (unpaired) electrons. The summed E-state index contributed by atoms with van der Waals surface area (Å²) in [6.45, 7) is 1.07. The lowest BCUT2D eigenvalue weighted by Gasteiger charge is -2.21. The minimum atomic E-state index is -0.179. The summed E-state index contributed by atoms with van der Waals surface area (Å²) in [6.07, 6.45) is 1.08. The topological polar surface area (TPSA) is 32.4 Å². The zero-order valence-electron chi connectivity index (χ0n) is 11.1. The highest BCUT2D eigenvalue weighted by atomic mass is 19.1. The number of hydrogen-bond acceptors (Lipinski definition) is 0. The number of benzene rings is 2. The lowest BCUT2D eigenvalue weighted by Crippen LogP contribution is -2.87. The van der Waals surface area contributed by atoms with Crippen LogP contribution >= 0.6 is 0 Å². The first-order valence-electron chi connectivity index (χ1n) is 7.01. The molecule has 1 aromatic heterocycles. The van der Waals surface area contributed by atoms with Crippen LogP contribution in [0.1, 0.15) is 22.9 Å². The highest BCUT2D eigenvalue weighted by Crippen LogP contribution is 2.30. The molecule has 0 fully saturated rings. The van der Waals surface area contributed by atoms with Gasteiger partial charge in [-0.15, -0.1) is 0 Å². The molecule has 0 spiro atoms. The minimum absolute atomic E-state index is 0.179. The molecule has 0 saturated heterocycles.